The van der Waals surface area contributed by atoms with Gasteiger partial charge in [-0.2, -0.15) is 0 Å². The zero-order valence-electron chi connectivity index (χ0n) is 5.61. The molecule has 0 N–H and O–H groups in total. The van der Waals surface area contributed by atoms with Crippen molar-refractivity contribution in [2.24, 2.45) is 0 Å². The highest BCUT2D eigenvalue weighted by molar-refractivity contribution is 7.97. The fraction of sp³-hybridized carbons (Fsp3) is 0.200. The molecule has 11 heavy (non-hydrogen) atoms. The molecule has 3 nitrogen and oxygen atoms in total. The molecule has 1 aromatic rings. The van der Waals surface area contributed by atoms with Crippen molar-refractivity contribution >= 4 is 33.1 Å². The van der Waals surface area contributed by atoms with Crippen LogP contribution in [0.5, 0.6) is 0 Å². The molecule has 0 aliphatic carbocycles. The third-order valence-electron chi connectivity index (χ3n) is 1.06. The van der Waals surface area contributed by atoms with E-state index in [0.29, 0.717) is 0 Å². The maximum Gasteiger partial charge on any atom is 0.121 e. The summed E-state index contributed by atoms with van der Waals surface area (Å²) >= 11 is 6.03. The summed E-state index contributed by atoms with van der Waals surface area (Å²) in [5, 5.41) is 0. The van der Waals surface area contributed by atoms with Crippen LogP contribution >= 0.6 is 23.1 Å². The second kappa shape index (κ2) is 3.10. The summed E-state index contributed by atoms with van der Waals surface area (Å²) in [6.07, 6.45) is 0. The van der Waals surface area contributed by atoms with Crippen LogP contribution in [0.15, 0.2) is 16.3 Å². The molecule has 0 bridgehead atoms. The van der Waals surface area contributed by atoms with E-state index in [9.17, 15) is 8.42 Å². The van der Waals surface area contributed by atoms with Crippen molar-refractivity contribution < 1.29 is 8.42 Å². The topological polar surface area (TPSA) is 48.2 Å². The Morgan fingerprint density at radius 3 is 2.55 bits per heavy atom. The van der Waals surface area contributed by atoms with Gasteiger partial charge in [0.15, 0.2) is 0 Å². The standard InChI is InChI=1S/C5H5ClNO2S2/c1-4-2-3-5(10-4)11(8,9)7-6/h2-3H,1H3/q-1. The number of thiophene rings is 1. The van der Waals surface area contributed by atoms with Crippen molar-refractivity contribution in [3.63, 3.8) is 0 Å². The summed E-state index contributed by atoms with van der Waals surface area (Å²) in [6, 6.07) is 3.20. The minimum absolute atomic E-state index is 0.185. The van der Waals surface area contributed by atoms with Gasteiger partial charge in [-0.3, -0.25) is 11.8 Å². The molecule has 6 heteroatoms. The predicted molar refractivity (Wildman–Crippen MR) is 45.5 cm³/mol. The highest BCUT2D eigenvalue weighted by Gasteiger charge is 2.04. The van der Waals surface area contributed by atoms with Crippen LogP contribution in [0.2, 0.25) is 0 Å². The van der Waals surface area contributed by atoms with Crippen LogP contribution in [0.1, 0.15) is 4.88 Å². The Morgan fingerprint density at radius 2 is 2.18 bits per heavy atom. The summed E-state index contributed by atoms with van der Waals surface area (Å²) in [7, 11) is -3.57. The van der Waals surface area contributed by atoms with Crippen molar-refractivity contribution in [1.29, 1.82) is 0 Å². The number of rotatable bonds is 2. The molecule has 1 heterocycles. The minimum Gasteiger partial charge on any atom is -0.457 e. The molecule has 0 radical (unpaired) electrons. The lowest BCUT2D eigenvalue weighted by Gasteiger charge is -2.07. The third kappa shape index (κ3) is 1.93. The van der Waals surface area contributed by atoms with Crippen LogP contribution in [-0.2, 0) is 10.0 Å². The van der Waals surface area contributed by atoms with E-state index in [2.05, 4.69) is 4.24 Å². The van der Waals surface area contributed by atoms with Crippen molar-refractivity contribution in [1.82, 2.24) is 0 Å². The van der Waals surface area contributed by atoms with E-state index >= 15 is 0 Å². The molecule has 0 unspecified atom stereocenters. The van der Waals surface area contributed by atoms with Gasteiger partial charge in [0.1, 0.15) is 14.2 Å². The first kappa shape index (κ1) is 8.99. The van der Waals surface area contributed by atoms with Gasteiger partial charge in [-0.1, -0.05) is 0 Å². The summed E-state index contributed by atoms with van der Waals surface area (Å²) in [4.78, 5) is 0.920. The molecular formula is C5H5ClNO2S2-. The second-order valence-corrected chi connectivity index (χ2v) is 5.40. The van der Waals surface area contributed by atoms with Crippen LogP contribution in [0.3, 0.4) is 0 Å². The maximum absolute atomic E-state index is 10.9. The Labute approximate surface area is 74.2 Å². The molecule has 0 amide bonds. The molecular weight excluding hydrogens is 206 g/mol. The van der Waals surface area contributed by atoms with Crippen LogP contribution in [0.4, 0.5) is 0 Å². The number of halogens is 1. The molecule has 0 saturated heterocycles. The molecule has 1 rings (SSSR count). The van der Waals surface area contributed by atoms with E-state index in [-0.39, 0.29) is 4.21 Å². The third-order valence-corrected chi connectivity index (χ3v) is 4.11. The Morgan fingerprint density at radius 1 is 1.55 bits per heavy atom. The highest BCUT2D eigenvalue weighted by Crippen LogP contribution is 2.25. The lowest BCUT2D eigenvalue weighted by Crippen LogP contribution is -1.90. The van der Waals surface area contributed by atoms with Gasteiger partial charge < -0.3 is 4.24 Å². The first-order valence-corrected chi connectivity index (χ1v) is 5.30. The highest BCUT2D eigenvalue weighted by atomic mass is 35.5. The molecule has 0 fully saturated rings. The smallest absolute Gasteiger partial charge is 0.121 e. The van der Waals surface area contributed by atoms with Crippen LogP contribution in [0, 0.1) is 6.92 Å². The first-order valence-electron chi connectivity index (χ1n) is 2.71. The SMILES string of the molecule is Cc1ccc(S(=O)(=O)[N-]Cl)s1. The normalized spacial score (nSPS) is 11.8. The number of hydrogen-bond donors (Lipinski definition) is 0. The van der Waals surface area contributed by atoms with Gasteiger partial charge in [-0.15, -0.1) is 11.3 Å². The molecule has 0 aromatic carbocycles. The fourth-order valence-corrected chi connectivity index (χ4v) is 2.76. The summed E-state index contributed by atoms with van der Waals surface area (Å²) in [5.74, 6) is 0. The van der Waals surface area contributed by atoms with Crippen molar-refractivity contribution in [3.05, 3.63) is 21.3 Å². The van der Waals surface area contributed by atoms with E-state index in [1.807, 2.05) is 6.92 Å². The van der Waals surface area contributed by atoms with E-state index < -0.39 is 10.0 Å². The van der Waals surface area contributed by atoms with Gasteiger partial charge in [0.2, 0.25) is 0 Å². The summed E-state index contributed by atoms with van der Waals surface area (Å²) < 4.78 is 24.8. The van der Waals surface area contributed by atoms with Crippen LogP contribution < -0.4 is 0 Å². The number of aryl methyl sites for hydroxylation is 1. The average Bonchev–Trinajstić information content (AvgIpc) is 2.36. The van der Waals surface area contributed by atoms with E-state index in [1.165, 1.54) is 6.07 Å². The Kier molecular flexibility index (Phi) is 2.54. The average molecular weight is 211 g/mol. The Bertz CT molecular complexity index is 343. The van der Waals surface area contributed by atoms with Crippen LogP contribution in [-0.4, -0.2) is 8.42 Å². The van der Waals surface area contributed by atoms with Crippen molar-refractivity contribution in [3.8, 4) is 0 Å². The molecule has 0 aliphatic heterocycles. The largest absolute Gasteiger partial charge is 0.457 e. The van der Waals surface area contributed by atoms with Gasteiger partial charge >= 0.3 is 0 Å². The molecule has 0 atom stereocenters. The molecule has 0 saturated carbocycles. The maximum atomic E-state index is 10.9. The van der Waals surface area contributed by atoms with Crippen molar-refractivity contribution in [2.45, 2.75) is 11.1 Å². The quantitative estimate of drug-likeness (QED) is 0.752. The summed E-state index contributed by atoms with van der Waals surface area (Å²) in [6.45, 7) is 1.82. The predicted octanol–water partition coefficient (Wildman–Crippen LogP) is 2.27. The minimum atomic E-state index is -3.57. The second-order valence-electron chi connectivity index (χ2n) is 1.91. The van der Waals surface area contributed by atoms with Crippen LogP contribution in [0.25, 0.3) is 4.24 Å². The number of nitrogens with zero attached hydrogens (tertiary/aromatic N) is 1. The fourth-order valence-electron chi connectivity index (χ4n) is 0.585. The van der Waals surface area contributed by atoms with E-state index in [1.54, 1.807) is 6.07 Å². The molecule has 0 spiro atoms. The summed E-state index contributed by atoms with van der Waals surface area (Å²) in [5.41, 5.74) is 0. The Hall–Kier alpha value is -0.100. The zero-order chi connectivity index (χ0) is 8.48. The number of sulfonamides is 1. The van der Waals surface area contributed by atoms with E-state index in [4.69, 9.17) is 11.8 Å². The van der Waals surface area contributed by atoms with Gasteiger partial charge in [0.05, 0.1) is 0 Å². The number of hydrogen-bond acceptors (Lipinski definition) is 3. The molecule has 0 aliphatic rings. The van der Waals surface area contributed by atoms with E-state index in [0.717, 1.165) is 16.2 Å². The van der Waals surface area contributed by atoms with Crippen molar-refractivity contribution in [2.75, 3.05) is 0 Å². The monoisotopic (exact) mass is 210 g/mol. The molecule has 1 aromatic heterocycles. The first-order chi connectivity index (χ1) is 5.06. The Balaban J connectivity index is 3.13. The lowest BCUT2D eigenvalue weighted by molar-refractivity contribution is 0.606. The van der Waals surface area contributed by atoms with Gasteiger partial charge in [-0.25, -0.2) is 8.42 Å². The lowest BCUT2D eigenvalue weighted by atomic mass is 10.5. The zero-order valence-corrected chi connectivity index (χ0v) is 8.00. The van der Waals surface area contributed by atoms with Gasteiger partial charge in [-0.05, 0) is 19.1 Å². The molecule has 62 valence electrons. The van der Waals surface area contributed by atoms with Gasteiger partial charge in [0.25, 0.3) is 0 Å². The van der Waals surface area contributed by atoms with Gasteiger partial charge in [0, 0.05) is 4.88 Å².